The summed E-state index contributed by atoms with van der Waals surface area (Å²) in [6.45, 7) is 4.81. The van der Waals surface area contributed by atoms with Crippen molar-refractivity contribution in [3.8, 4) is 0 Å². The summed E-state index contributed by atoms with van der Waals surface area (Å²) >= 11 is 0. The lowest BCUT2D eigenvalue weighted by Gasteiger charge is -2.42. The third-order valence-corrected chi connectivity index (χ3v) is 7.37. The van der Waals surface area contributed by atoms with Gasteiger partial charge in [0, 0.05) is 23.5 Å². The molecule has 1 aliphatic carbocycles. The minimum absolute atomic E-state index is 0.175. The number of nitrogens with zero attached hydrogens (tertiary/aromatic N) is 1. The van der Waals surface area contributed by atoms with Crippen LogP contribution in [0.4, 0.5) is 11.4 Å². The lowest BCUT2D eigenvalue weighted by atomic mass is 9.53. The quantitative estimate of drug-likeness (QED) is 0.356. The van der Waals surface area contributed by atoms with E-state index in [0.717, 1.165) is 22.5 Å². The summed E-state index contributed by atoms with van der Waals surface area (Å²) in [6.07, 6.45) is 4.96. The molecule has 1 aliphatic rings. The zero-order valence-electron chi connectivity index (χ0n) is 18.5. The second-order valence-corrected chi connectivity index (χ2v) is 10.1. The topological polar surface area (TPSA) is 16.4 Å². The molecule has 4 aromatic rings. The van der Waals surface area contributed by atoms with Crippen molar-refractivity contribution in [1.82, 2.24) is 0 Å². The van der Waals surface area contributed by atoms with Gasteiger partial charge in [0.2, 0.25) is 0 Å². The second-order valence-electron chi connectivity index (χ2n) is 10.1. The third-order valence-electron chi connectivity index (χ3n) is 7.37. The van der Waals surface area contributed by atoms with Crippen molar-refractivity contribution in [2.24, 2.45) is 5.41 Å². The highest BCUT2D eigenvalue weighted by Gasteiger charge is 2.37. The molecule has 1 saturated carbocycles. The highest BCUT2D eigenvalue weighted by atomic mass is 16.3. The Hall–Kier alpha value is -2.68. The van der Waals surface area contributed by atoms with E-state index < -0.39 is 0 Å². The van der Waals surface area contributed by atoms with Gasteiger partial charge in [0.15, 0.2) is 5.58 Å². The second kappa shape index (κ2) is 6.94. The number of rotatable bonds is 3. The summed E-state index contributed by atoms with van der Waals surface area (Å²) < 4.78 is 6.69. The smallest absolute Gasteiger partial charge is 0.159 e. The first-order chi connectivity index (χ1) is 14.4. The molecule has 152 valence electrons. The van der Waals surface area contributed by atoms with Crippen molar-refractivity contribution < 1.29 is 4.42 Å². The van der Waals surface area contributed by atoms with Crippen molar-refractivity contribution in [1.29, 1.82) is 0 Å². The van der Waals surface area contributed by atoms with E-state index in [1.54, 1.807) is 0 Å². The molecule has 3 aromatic carbocycles. The first-order valence-electron chi connectivity index (χ1n) is 11.1. The molecule has 5 rings (SSSR count). The molecule has 0 spiro atoms. The maximum Gasteiger partial charge on any atom is 0.159 e. The van der Waals surface area contributed by atoms with Gasteiger partial charge in [-0.3, -0.25) is 0 Å². The Balaban J connectivity index is 1.66. The molecule has 0 N–H and O–H groups in total. The number of benzene rings is 3. The molecule has 3 heteroatoms. The molecule has 0 atom stereocenters. The number of hydrogen-bond donors (Lipinski definition) is 0. The molecule has 0 unspecified atom stereocenters. The van der Waals surface area contributed by atoms with E-state index in [-0.39, 0.29) is 5.31 Å². The Labute approximate surface area is 180 Å². The number of anilines is 2. The molecule has 0 aliphatic heterocycles. The monoisotopic (exact) mass is 395 g/mol. The first-order valence-corrected chi connectivity index (χ1v) is 11.1. The summed E-state index contributed by atoms with van der Waals surface area (Å²) in [5, 5.41) is 2.61. The van der Waals surface area contributed by atoms with Crippen LogP contribution in [0.1, 0.15) is 45.1 Å². The van der Waals surface area contributed by atoms with Gasteiger partial charge in [-0.15, -0.1) is 0 Å². The standard InChI is InChI=1S/C27H30BNO/c1-26(2)15-17-27(28,18-16-26)22-13-7-11-20-21-12-8-14-23(25(21)30-24(20)22)29(3)19-9-5-4-6-10-19/h4-14H,15-18,28H2,1-3H3. The Morgan fingerprint density at radius 1 is 0.767 bits per heavy atom. The molecule has 1 aromatic heterocycles. The lowest BCUT2D eigenvalue weighted by molar-refractivity contribution is 0.206. The molecule has 30 heavy (non-hydrogen) atoms. The maximum atomic E-state index is 6.69. The zero-order chi connectivity index (χ0) is 20.9. The molecule has 0 amide bonds. The van der Waals surface area contributed by atoms with Crippen LogP contribution < -0.4 is 4.90 Å². The fourth-order valence-corrected chi connectivity index (χ4v) is 5.08. The Bertz CT molecular complexity index is 1200. The summed E-state index contributed by atoms with van der Waals surface area (Å²) in [7, 11) is 4.55. The first kappa shape index (κ1) is 19.3. The van der Waals surface area contributed by atoms with Crippen molar-refractivity contribution in [3.05, 3.63) is 72.3 Å². The molecule has 2 nitrogen and oxygen atoms in total. The van der Waals surface area contributed by atoms with Gasteiger partial charge in [-0.05, 0) is 47.3 Å². The van der Waals surface area contributed by atoms with E-state index >= 15 is 0 Å². The van der Waals surface area contributed by atoms with Crippen LogP contribution >= 0.6 is 0 Å². The normalized spacial score (nSPS) is 18.0. The third kappa shape index (κ3) is 3.12. The molecule has 0 bridgehead atoms. The van der Waals surface area contributed by atoms with Gasteiger partial charge >= 0.3 is 0 Å². The molecule has 0 saturated heterocycles. The number of para-hydroxylation sites is 3. The predicted octanol–water partition coefficient (Wildman–Crippen LogP) is 6.78. The van der Waals surface area contributed by atoms with Gasteiger partial charge < -0.3 is 9.32 Å². The molecular weight excluding hydrogens is 365 g/mol. The Morgan fingerprint density at radius 2 is 1.40 bits per heavy atom. The van der Waals surface area contributed by atoms with Crippen LogP contribution in [-0.4, -0.2) is 14.9 Å². The number of hydrogen-bond acceptors (Lipinski definition) is 2. The minimum Gasteiger partial charge on any atom is -0.454 e. The van der Waals surface area contributed by atoms with Crippen LogP contribution in [0.15, 0.2) is 71.1 Å². The molecule has 1 heterocycles. The van der Waals surface area contributed by atoms with E-state index in [1.807, 2.05) is 0 Å². The SMILES string of the molecule is BC1(c2cccc3c2oc2c(N(C)c4ccccc4)cccc23)CCC(C)(C)CC1. The van der Waals surface area contributed by atoms with Gasteiger partial charge in [-0.25, -0.2) is 0 Å². The van der Waals surface area contributed by atoms with Gasteiger partial charge in [-0.2, -0.15) is 0 Å². The minimum atomic E-state index is 0.175. The van der Waals surface area contributed by atoms with Gasteiger partial charge in [0.25, 0.3) is 0 Å². The van der Waals surface area contributed by atoms with Crippen LogP contribution in [-0.2, 0) is 5.31 Å². The van der Waals surface area contributed by atoms with Crippen LogP contribution in [0.25, 0.3) is 21.9 Å². The lowest BCUT2D eigenvalue weighted by Crippen LogP contribution is -2.35. The Morgan fingerprint density at radius 3 is 2.10 bits per heavy atom. The van der Waals surface area contributed by atoms with Crippen LogP contribution in [0, 0.1) is 5.41 Å². The largest absolute Gasteiger partial charge is 0.454 e. The summed E-state index contributed by atoms with van der Waals surface area (Å²) in [4.78, 5) is 2.22. The number of fused-ring (bicyclic) bond motifs is 3. The average molecular weight is 395 g/mol. The summed E-state index contributed by atoms with van der Waals surface area (Å²) in [5.74, 6) is 0. The maximum absolute atomic E-state index is 6.69. The van der Waals surface area contributed by atoms with E-state index in [4.69, 9.17) is 4.42 Å². The molecule has 1 fully saturated rings. The number of furan rings is 1. The predicted molar refractivity (Wildman–Crippen MR) is 131 cm³/mol. The summed E-state index contributed by atoms with van der Waals surface area (Å²) in [5.41, 5.74) is 6.14. The molecular formula is C27H30BNO. The van der Waals surface area contributed by atoms with E-state index in [9.17, 15) is 0 Å². The van der Waals surface area contributed by atoms with Crippen LogP contribution in [0.5, 0.6) is 0 Å². The fourth-order valence-electron chi connectivity index (χ4n) is 5.08. The van der Waals surface area contributed by atoms with Crippen molar-refractivity contribution >= 4 is 41.2 Å². The van der Waals surface area contributed by atoms with Gasteiger partial charge in [0.1, 0.15) is 13.4 Å². The van der Waals surface area contributed by atoms with Crippen LogP contribution in [0.3, 0.4) is 0 Å². The van der Waals surface area contributed by atoms with Crippen molar-refractivity contribution in [3.63, 3.8) is 0 Å². The fraction of sp³-hybridized carbons (Fsp3) is 0.333. The van der Waals surface area contributed by atoms with E-state index in [0.29, 0.717) is 5.41 Å². The highest BCUT2D eigenvalue weighted by molar-refractivity contribution is 6.18. The van der Waals surface area contributed by atoms with Crippen molar-refractivity contribution in [2.45, 2.75) is 44.8 Å². The van der Waals surface area contributed by atoms with Gasteiger partial charge in [-0.1, -0.05) is 75.2 Å². The highest BCUT2D eigenvalue weighted by Crippen LogP contribution is 2.48. The Kier molecular flexibility index (Phi) is 4.46. The van der Waals surface area contributed by atoms with E-state index in [1.165, 1.54) is 42.0 Å². The van der Waals surface area contributed by atoms with Crippen LogP contribution in [0.2, 0.25) is 0 Å². The zero-order valence-corrected chi connectivity index (χ0v) is 18.5. The van der Waals surface area contributed by atoms with Gasteiger partial charge in [0.05, 0.1) is 5.69 Å². The van der Waals surface area contributed by atoms with Crippen molar-refractivity contribution in [2.75, 3.05) is 11.9 Å². The average Bonchev–Trinajstić information content (AvgIpc) is 3.15. The summed E-state index contributed by atoms with van der Waals surface area (Å²) in [6, 6.07) is 23.7. The van der Waals surface area contributed by atoms with E-state index in [2.05, 4.69) is 100 Å². The molecule has 0 radical (unpaired) electrons.